The number of carbonyl (C=O) groups excluding carboxylic acids is 2. The molecule has 5 rings (SSSR count). The molecule has 1 aliphatic rings. The average Bonchev–Trinajstić information content (AvgIpc) is 3.70. The molecule has 1 aromatic carbocycles. The minimum absolute atomic E-state index is 0.0126. The molecule has 17 heteroatoms. The summed E-state index contributed by atoms with van der Waals surface area (Å²) in [6.07, 6.45) is 3.72. The Hall–Kier alpha value is -4.41. The third-order valence-electron chi connectivity index (χ3n) is 7.91. The first-order valence-electron chi connectivity index (χ1n) is 16.1. The van der Waals surface area contributed by atoms with E-state index >= 15 is 0 Å². The number of fused-ring (bicyclic) bond motifs is 2. The third-order valence-corrected chi connectivity index (χ3v) is 9.92. The number of nitrogens with zero attached hydrogens (tertiary/aromatic N) is 6. The molecule has 15 nitrogen and oxygen atoms in total. The molecule has 1 aliphatic heterocycles. The van der Waals surface area contributed by atoms with E-state index in [4.69, 9.17) is 26.2 Å². The predicted molar refractivity (Wildman–Crippen MR) is 189 cm³/mol. The van der Waals surface area contributed by atoms with E-state index in [-0.39, 0.29) is 29.8 Å². The van der Waals surface area contributed by atoms with Gasteiger partial charge in [-0.1, -0.05) is 31.2 Å². The van der Waals surface area contributed by atoms with Crippen LogP contribution in [0, 0.1) is 0 Å². The second kappa shape index (κ2) is 14.2. The highest BCUT2D eigenvalue weighted by Crippen LogP contribution is 2.40. The van der Waals surface area contributed by atoms with Gasteiger partial charge < -0.3 is 30.1 Å². The topological polar surface area (TPSA) is 177 Å². The summed E-state index contributed by atoms with van der Waals surface area (Å²) >= 11 is 6.87. The molecule has 0 radical (unpaired) electrons. The fourth-order valence-electron chi connectivity index (χ4n) is 5.64. The van der Waals surface area contributed by atoms with Gasteiger partial charge in [-0.25, -0.2) is 23.8 Å². The number of hydrogen-bond acceptors (Lipinski definition) is 9. The van der Waals surface area contributed by atoms with Crippen LogP contribution in [0.1, 0.15) is 56.1 Å². The number of nitrogens with one attached hydrogen (secondary N) is 3. The van der Waals surface area contributed by atoms with E-state index in [9.17, 15) is 19.5 Å². The van der Waals surface area contributed by atoms with Crippen molar-refractivity contribution < 1.29 is 29.0 Å². The van der Waals surface area contributed by atoms with Crippen LogP contribution in [0.25, 0.3) is 16.6 Å². The summed E-state index contributed by atoms with van der Waals surface area (Å²) in [5.74, 6) is -0.552. The lowest BCUT2D eigenvalue weighted by Crippen LogP contribution is -2.36. The van der Waals surface area contributed by atoms with Crippen molar-refractivity contribution in [3.05, 3.63) is 46.9 Å². The van der Waals surface area contributed by atoms with Crippen LogP contribution in [0.4, 0.5) is 21.1 Å². The summed E-state index contributed by atoms with van der Waals surface area (Å²) in [5, 5.41) is 28.0. The SMILES string of the molecule is CC(NC(=O)c1c(NC(=O)OC(C)(C)C)nn2cccnc12)c1cc(Cl)c2cn(COCC[Si](C)(C)C)nc2c1N1CC[C@@H](NC(=O)O)C1. The van der Waals surface area contributed by atoms with E-state index in [0.29, 0.717) is 47.6 Å². The largest absolute Gasteiger partial charge is 0.465 e. The second-order valence-corrected chi connectivity index (χ2v) is 20.4. The van der Waals surface area contributed by atoms with Gasteiger partial charge in [0.2, 0.25) is 0 Å². The standard InChI is InChI=1S/C32H44ClN9O6Si/c1-19(35-29(43)24-27(37-31(46)48-32(2,3)4)39-42-11-8-10-34-28(24)42)21-15-23(33)22-17-41(18-47-13-14-49(5,6)7)38-25(22)26(21)40-12-9-20(16-40)36-30(44)45/h8,10-11,15,17,19-20,36H,9,12-14,16,18H2,1-7H3,(H,35,43)(H,44,45)(H,37,39,46)/t19?,20-/m1/s1. The van der Waals surface area contributed by atoms with Crippen molar-refractivity contribution in [3.63, 3.8) is 0 Å². The number of benzene rings is 1. The molecule has 49 heavy (non-hydrogen) atoms. The quantitative estimate of drug-likeness (QED) is 0.111. The van der Waals surface area contributed by atoms with E-state index < -0.39 is 37.8 Å². The van der Waals surface area contributed by atoms with E-state index in [1.807, 2.05) is 13.1 Å². The number of halogens is 1. The zero-order valence-corrected chi connectivity index (χ0v) is 30.6. The van der Waals surface area contributed by atoms with E-state index in [0.717, 1.165) is 11.7 Å². The highest BCUT2D eigenvalue weighted by molar-refractivity contribution is 6.76. The highest BCUT2D eigenvalue weighted by atomic mass is 35.5. The molecule has 3 amide bonds. The first kappa shape index (κ1) is 35.9. The molecule has 0 saturated carbocycles. The van der Waals surface area contributed by atoms with E-state index in [1.165, 1.54) is 10.7 Å². The summed E-state index contributed by atoms with van der Waals surface area (Å²) in [7, 11) is -1.27. The summed E-state index contributed by atoms with van der Waals surface area (Å²) < 4.78 is 14.5. The second-order valence-electron chi connectivity index (χ2n) is 14.4. The Balaban J connectivity index is 1.49. The number of rotatable bonds is 11. The van der Waals surface area contributed by atoms with Crippen LogP contribution >= 0.6 is 11.6 Å². The van der Waals surface area contributed by atoms with Crippen molar-refractivity contribution in [2.45, 2.75) is 84.2 Å². The van der Waals surface area contributed by atoms with Gasteiger partial charge in [-0.15, -0.1) is 5.10 Å². The first-order valence-corrected chi connectivity index (χ1v) is 20.2. The van der Waals surface area contributed by atoms with Crippen molar-refractivity contribution in [2.24, 2.45) is 0 Å². The van der Waals surface area contributed by atoms with Crippen LogP contribution < -0.4 is 20.9 Å². The Bertz CT molecular complexity index is 1870. The van der Waals surface area contributed by atoms with Gasteiger partial charge in [-0.2, -0.15) is 5.10 Å². The summed E-state index contributed by atoms with van der Waals surface area (Å²) in [6.45, 7) is 15.7. The van der Waals surface area contributed by atoms with Crippen LogP contribution in [-0.4, -0.2) is 87.0 Å². The molecule has 1 fully saturated rings. The van der Waals surface area contributed by atoms with Crippen molar-refractivity contribution in [3.8, 4) is 0 Å². The molecule has 264 valence electrons. The Morgan fingerprint density at radius 2 is 1.96 bits per heavy atom. The molecule has 1 unspecified atom stereocenters. The monoisotopic (exact) mass is 713 g/mol. The third kappa shape index (κ3) is 8.79. The van der Waals surface area contributed by atoms with E-state index in [2.05, 4.69) is 50.6 Å². The molecule has 3 aromatic heterocycles. The smallest absolute Gasteiger partial charge is 0.413 e. The summed E-state index contributed by atoms with van der Waals surface area (Å²) in [4.78, 5) is 44.5. The van der Waals surface area contributed by atoms with Gasteiger partial charge in [0.15, 0.2) is 11.5 Å². The number of anilines is 2. The summed E-state index contributed by atoms with van der Waals surface area (Å²) in [5.41, 5.74) is 1.54. The van der Waals surface area contributed by atoms with Gasteiger partial charge in [0.1, 0.15) is 23.4 Å². The van der Waals surface area contributed by atoms with Crippen molar-refractivity contribution >= 4 is 65.8 Å². The Morgan fingerprint density at radius 1 is 1.20 bits per heavy atom. The minimum atomic E-state index is -1.27. The Kier molecular flexibility index (Phi) is 10.4. The molecule has 1 saturated heterocycles. The number of amides is 3. The molecule has 4 aromatic rings. The van der Waals surface area contributed by atoms with Crippen LogP contribution in [0.3, 0.4) is 0 Å². The normalized spacial score (nSPS) is 15.8. The molecule has 0 bridgehead atoms. The van der Waals surface area contributed by atoms with Crippen LogP contribution in [0.15, 0.2) is 30.7 Å². The Labute approximate surface area is 290 Å². The maximum absolute atomic E-state index is 14.0. The van der Waals surface area contributed by atoms with Gasteiger partial charge in [0.05, 0.1) is 22.8 Å². The van der Waals surface area contributed by atoms with Gasteiger partial charge in [-0.05, 0) is 52.3 Å². The van der Waals surface area contributed by atoms with Crippen molar-refractivity contribution in [1.29, 1.82) is 0 Å². The van der Waals surface area contributed by atoms with Crippen LogP contribution in [0.5, 0.6) is 0 Å². The fraction of sp³-hybridized carbons (Fsp3) is 0.500. The van der Waals surface area contributed by atoms with Crippen LogP contribution in [0.2, 0.25) is 30.7 Å². The fourth-order valence-corrected chi connectivity index (χ4v) is 6.65. The zero-order chi connectivity index (χ0) is 35.7. The lowest BCUT2D eigenvalue weighted by molar-refractivity contribution is 0.0635. The maximum Gasteiger partial charge on any atom is 0.413 e. The highest BCUT2D eigenvalue weighted by Gasteiger charge is 2.32. The number of hydrogen-bond donors (Lipinski definition) is 4. The minimum Gasteiger partial charge on any atom is -0.465 e. The van der Waals surface area contributed by atoms with Crippen LogP contribution in [-0.2, 0) is 16.2 Å². The summed E-state index contributed by atoms with van der Waals surface area (Å²) in [6, 6.07) is 3.56. The molecule has 2 atom stereocenters. The molecule has 4 heterocycles. The number of carboxylic acid groups (broad SMARTS) is 1. The molecular weight excluding hydrogens is 670 g/mol. The predicted octanol–water partition coefficient (Wildman–Crippen LogP) is 5.73. The lowest BCUT2D eigenvalue weighted by Gasteiger charge is -2.26. The zero-order valence-electron chi connectivity index (χ0n) is 28.8. The molecule has 0 aliphatic carbocycles. The van der Waals surface area contributed by atoms with Gasteiger partial charge in [0, 0.05) is 57.3 Å². The van der Waals surface area contributed by atoms with Gasteiger partial charge in [0.25, 0.3) is 5.91 Å². The number of ether oxygens (including phenoxy) is 2. The number of aromatic nitrogens is 5. The number of carbonyl (C=O) groups is 3. The molecule has 0 spiro atoms. The van der Waals surface area contributed by atoms with Gasteiger partial charge >= 0.3 is 12.2 Å². The average molecular weight is 714 g/mol. The molecule has 4 N–H and O–H groups in total. The van der Waals surface area contributed by atoms with Crippen molar-refractivity contribution in [2.75, 3.05) is 29.9 Å². The Morgan fingerprint density at radius 3 is 2.65 bits per heavy atom. The van der Waals surface area contributed by atoms with Gasteiger partial charge in [-0.3, -0.25) is 10.1 Å². The first-order chi connectivity index (χ1) is 23.0. The van der Waals surface area contributed by atoms with Crippen molar-refractivity contribution in [1.82, 2.24) is 35.0 Å². The van der Waals surface area contributed by atoms with E-state index in [1.54, 1.807) is 43.8 Å². The lowest BCUT2D eigenvalue weighted by atomic mass is 10.0. The molecular formula is C32H44ClN9O6Si. The maximum atomic E-state index is 14.0.